The molecule has 2 unspecified atom stereocenters. The van der Waals surface area contributed by atoms with Gasteiger partial charge in [-0.15, -0.1) is 0 Å². The number of carbonyl (C=O) groups excluding carboxylic acids is 1. The monoisotopic (exact) mass is 199 g/mol. The van der Waals surface area contributed by atoms with Crippen molar-refractivity contribution in [2.75, 3.05) is 7.11 Å². The highest BCUT2D eigenvalue weighted by atomic mass is 16.5. The molecule has 1 fully saturated rings. The van der Waals surface area contributed by atoms with Crippen LogP contribution in [0.3, 0.4) is 0 Å². The van der Waals surface area contributed by atoms with E-state index in [1.807, 2.05) is 6.92 Å². The van der Waals surface area contributed by atoms with Gasteiger partial charge in [0.2, 0.25) is 0 Å². The van der Waals surface area contributed by atoms with E-state index in [0.717, 1.165) is 12.3 Å². The Morgan fingerprint density at radius 2 is 2.21 bits per heavy atom. The number of ether oxygens (including phenoxy) is 1. The van der Waals surface area contributed by atoms with Crippen LogP contribution in [0.4, 0.5) is 0 Å². The van der Waals surface area contributed by atoms with Crippen LogP contribution in [0.15, 0.2) is 0 Å². The van der Waals surface area contributed by atoms with Crippen LogP contribution in [0.1, 0.15) is 39.5 Å². The molecule has 14 heavy (non-hydrogen) atoms. The third-order valence-corrected chi connectivity index (χ3v) is 3.21. The van der Waals surface area contributed by atoms with Gasteiger partial charge < -0.3 is 10.1 Å². The van der Waals surface area contributed by atoms with Gasteiger partial charge in [-0.3, -0.25) is 4.79 Å². The summed E-state index contributed by atoms with van der Waals surface area (Å²) in [6, 6.07) is 0.309. The second-order valence-corrected chi connectivity index (χ2v) is 4.13. The van der Waals surface area contributed by atoms with E-state index in [9.17, 15) is 4.79 Å². The Hall–Kier alpha value is -0.570. The predicted molar refractivity (Wildman–Crippen MR) is 56.0 cm³/mol. The van der Waals surface area contributed by atoms with Crippen LogP contribution in [0.2, 0.25) is 0 Å². The molecule has 1 aliphatic rings. The Bertz CT molecular complexity index is 190. The van der Waals surface area contributed by atoms with Gasteiger partial charge in [0.1, 0.15) is 6.04 Å². The molecule has 82 valence electrons. The highest BCUT2D eigenvalue weighted by molar-refractivity contribution is 5.75. The first kappa shape index (κ1) is 11.5. The molecule has 3 nitrogen and oxygen atoms in total. The summed E-state index contributed by atoms with van der Waals surface area (Å²) in [7, 11) is 1.45. The first-order valence-electron chi connectivity index (χ1n) is 5.53. The summed E-state index contributed by atoms with van der Waals surface area (Å²) in [5.41, 5.74) is 0. The van der Waals surface area contributed by atoms with E-state index >= 15 is 0 Å². The van der Waals surface area contributed by atoms with E-state index in [2.05, 4.69) is 12.2 Å². The van der Waals surface area contributed by atoms with Crippen molar-refractivity contribution in [2.24, 2.45) is 5.92 Å². The summed E-state index contributed by atoms with van der Waals surface area (Å²) in [6.45, 7) is 4.16. The second-order valence-electron chi connectivity index (χ2n) is 4.13. The van der Waals surface area contributed by atoms with Crippen molar-refractivity contribution in [3.63, 3.8) is 0 Å². The molecule has 1 N–H and O–H groups in total. The number of carbonyl (C=O) groups is 1. The van der Waals surface area contributed by atoms with Gasteiger partial charge in [-0.1, -0.05) is 13.3 Å². The van der Waals surface area contributed by atoms with E-state index in [4.69, 9.17) is 4.74 Å². The van der Waals surface area contributed by atoms with Gasteiger partial charge in [0.15, 0.2) is 0 Å². The Morgan fingerprint density at radius 3 is 2.57 bits per heavy atom. The molecule has 0 aromatic carbocycles. The predicted octanol–water partition coefficient (Wildman–Crippen LogP) is 1.72. The Balaban J connectivity index is 2.34. The first-order chi connectivity index (χ1) is 6.69. The molecule has 3 heteroatoms. The van der Waals surface area contributed by atoms with Gasteiger partial charge >= 0.3 is 5.97 Å². The minimum Gasteiger partial charge on any atom is -0.468 e. The van der Waals surface area contributed by atoms with Crippen LogP contribution in [0.25, 0.3) is 0 Å². The van der Waals surface area contributed by atoms with Crippen molar-refractivity contribution in [3.05, 3.63) is 0 Å². The summed E-state index contributed by atoms with van der Waals surface area (Å²) in [5, 5.41) is 3.34. The van der Waals surface area contributed by atoms with Crippen LogP contribution in [-0.2, 0) is 9.53 Å². The van der Waals surface area contributed by atoms with Crippen LogP contribution < -0.4 is 5.32 Å². The van der Waals surface area contributed by atoms with E-state index in [0.29, 0.717) is 6.04 Å². The summed E-state index contributed by atoms with van der Waals surface area (Å²) in [5.74, 6) is 0.618. The molecule has 0 amide bonds. The third kappa shape index (κ3) is 2.71. The van der Waals surface area contributed by atoms with E-state index in [1.165, 1.54) is 26.4 Å². The molecule has 0 aliphatic heterocycles. The van der Waals surface area contributed by atoms with Gasteiger partial charge in [0, 0.05) is 6.04 Å². The summed E-state index contributed by atoms with van der Waals surface area (Å²) in [4.78, 5) is 11.3. The van der Waals surface area contributed by atoms with Gasteiger partial charge in [0.25, 0.3) is 0 Å². The average Bonchev–Trinajstić information content (AvgIpc) is 2.10. The van der Waals surface area contributed by atoms with Gasteiger partial charge in [-0.25, -0.2) is 0 Å². The van der Waals surface area contributed by atoms with Crippen LogP contribution in [-0.4, -0.2) is 25.2 Å². The molecular formula is C11H21NO2. The maximum Gasteiger partial charge on any atom is 0.322 e. The van der Waals surface area contributed by atoms with E-state index in [-0.39, 0.29) is 12.0 Å². The van der Waals surface area contributed by atoms with Gasteiger partial charge in [-0.05, 0) is 32.1 Å². The van der Waals surface area contributed by atoms with Crippen LogP contribution >= 0.6 is 0 Å². The van der Waals surface area contributed by atoms with Crippen molar-refractivity contribution < 1.29 is 9.53 Å². The maximum atomic E-state index is 11.3. The quantitative estimate of drug-likeness (QED) is 0.685. The molecule has 1 aliphatic carbocycles. The summed E-state index contributed by atoms with van der Waals surface area (Å²) >= 11 is 0. The molecule has 0 heterocycles. The highest BCUT2D eigenvalue weighted by Gasteiger charge is 2.27. The van der Waals surface area contributed by atoms with Crippen molar-refractivity contribution in [1.82, 2.24) is 5.32 Å². The smallest absolute Gasteiger partial charge is 0.322 e. The lowest BCUT2D eigenvalue weighted by Crippen LogP contribution is -2.46. The highest BCUT2D eigenvalue weighted by Crippen LogP contribution is 2.29. The average molecular weight is 199 g/mol. The van der Waals surface area contributed by atoms with Crippen LogP contribution in [0, 0.1) is 5.92 Å². The minimum atomic E-state index is -0.140. The Labute approximate surface area is 86.2 Å². The van der Waals surface area contributed by atoms with Crippen molar-refractivity contribution in [3.8, 4) is 0 Å². The molecule has 1 rings (SSSR count). The largest absolute Gasteiger partial charge is 0.468 e. The molecule has 0 aromatic heterocycles. The fourth-order valence-electron chi connectivity index (χ4n) is 1.89. The Kier molecular flexibility index (Phi) is 4.39. The standard InChI is InChI=1S/C11H21NO2/c1-4-10(11(13)14-3)12-8(2)9-6-5-7-9/h8-10,12H,4-7H2,1-3H3. The normalized spacial score (nSPS) is 21.1. The topological polar surface area (TPSA) is 38.3 Å². The number of esters is 1. The lowest BCUT2D eigenvalue weighted by Gasteiger charge is -2.33. The van der Waals surface area contributed by atoms with E-state index in [1.54, 1.807) is 0 Å². The van der Waals surface area contributed by atoms with Crippen LogP contribution in [0.5, 0.6) is 0 Å². The number of hydrogen-bond acceptors (Lipinski definition) is 3. The molecule has 0 saturated heterocycles. The minimum absolute atomic E-state index is 0.129. The zero-order valence-electron chi connectivity index (χ0n) is 9.38. The maximum absolute atomic E-state index is 11.3. The van der Waals surface area contributed by atoms with Crippen molar-refractivity contribution in [1.29, 1.82) is 0 Å². The summed E-state index contributed by atoms with van der Waals surface area (Å²) in [6.07, 6.45) is 4.73. The molecule has 0 radical (unpaired) electrons. The number of nitrogens with one attached hydrogen (secondary N) is 1. The molecule has 0 bridgehead atoms. The van der Waals surface area contributed by atoms with Crippen molar-refractivity contribution >= 4 is 5.97 Å². The fourth-order valence-corrected chi connectivity index (χ4v) is 1.89. The van der Waals surface area contributed by atoms with E-state index < -0.39 is 0 Å². The SMILES string of the molecule is CCC(NC(C)C1CCC1)C(=O)OC. The first-order valence-corrected chi connectivity index (χ1v) is 5.53. The fraction of sp³-hybridized carbons (Fsp3) is 0.909. The number of rotatable bonds is 5. The van der Waals surface area contributed by atoms with Gasteiger partial charge in [0.05, 0.1) is 7.11 Å². The zero-order valence-corrected chi connectivity index (χ0v) is 9.38. The number of hydrogen-bond donors (Lipinski definition) is 1. The molecule has 2 atom stereocenters. The molecule has 0 spiro atoms. The molecular weight excluding hydrogens is 178 g/mol. The Morgan fingerprint density at radius 1 is 1.57 bits per heavy atom. The second kappa shape index (κ2) is 5.35. The van der Waals surface area contributed by atoms with Gasteiger partial charge in [-0.2, -0.15) is 0 Å². The lowest BCUT2D eigenvalue weighted by molar-refractivity contribution is -0.143. The number of methoxy groups -OCH3 is 1. The summed E-state index contributed by atoms with van der Waals surface area (Å²) < 4.78 is 4.73. The molecule has 0 aromatic rings. The molecule has 1 saturated carbocycles. The third-order valence-electron chi connectivity index (χ3n) is 3.21. The lowest BCUT2D eigenvalue weighted by atomic mass is 9.80. The van der Waals surface area contributed by atoms with Crippen molar-refractivity contribution in [2.45, 2.75) is 51.6 Å². The zero-order chi connectivity index (χ0) is 10.6.